The first kappa shape index (κ1) is 19.5. The maximum absolute atomic E-state index is 14.6. The van der Waals surface area contributed by atoms with Gasteiger partial charge in [0.1, 0.15) is 10.7 Å². The number of halogens is 2. The van der Waals surface area contributed by atoms with Crippen LogP contribution in [0.2, 0.25) is 5.02 Å². The molecule has 1 saturated carbocycles. The van der Waals surface area contributed by atoms with Gasteiger partial charge in [-0.3, -0.25) is 4.72 Å². The fourth-order valence-electron chi connectivity index (χ4n) is 3.55. The smallest absolute Gasteiger partial charge is 0.266 e. The van der Waals surface area contributed by atoms with Crippen molar-refractivity contribution in [3.05, 3.63) is 40.1 Å². The van der Waals surface area contributed by atoms with Gasteiger partial charge in [-0.1, -0.05) is 11.6 Å². The summed E-state index contributed by atoms with van der Waals surface area (Å²) in [6, 6.07) is 2.49. The Morgan fingerprint density at radius 1 is 1.38 bits per heavy atom. The summed E-state index contributed by atoms with van der Waals surface area (Å²) in [5, 5.41) is 2.11. The van der Waals surface area contributed by atoms with Crippen molar-refractivity contribution in [1.82, 2.24) is 9.88 Å². The number of benzene rings is 1. The lowest BCUT2D eigenvalue weighted by Crippen LogP contribution is -2.19. The van der Waals surface area contributed by atoms with E-state index in [4.69, 9.17) is 11.6 Å². The third-order valence-corrected chi connectivity index (χ3v) is 7.10. The number of nitrogens with zero attached hydrogens (tertiary/aromatic N) is 2. The summed E-state index contributed by atoms with van der Waals surface area (Å²) in [5.41, 5.74) is 0.693. The van der Waals surface area contributed by atoms with Crippen molar-refractivity contribution in [2.24, 2.45) is 5.92 Å². The Hall–Kier alpha value is -1.22. The van der Waals surface area contributed by atoms with Gasteiger partial charge in [-0.05, 0) is 62.9 Å². The molecule has 1 aliphatic rings. The van der Waals surface area contributed by atoms with Crippen LogP contribution >= 0.6 is 22.9 Å². The third-order valence-electron chi connectivity index (χ3n) is 4.60. The van der Waals surface area contributed by atoms with Crippen LogP contribution in [-0.4, -0.2) is 38.9 Å². The van der Waals surface area contributed by atoms with Crippen LogP contribution in [0.5, 0.6) is 0 Å². The second-order valence-electron chi connectivity index (χ2n) is 6.89. The minimum absolute atomic E-state index is 0.158. The van der Waals surface area contributed by atoms with Gasteiger partial charge >= 0.3 is 0 Å². The quantitative estimate of drug-likeness (QED) is 0.765. The van der Waals surface area contributed by atoms with E-state index in [1.807, 2.05) is 14.1 Å². The van der Waals surface area contributed by atoms with Crippen molar-refractivity contribution in [3.8, 4) is 0 Å². The van der Waals surface area contributed by atoms with Crippen LogP contribution in [0.3, 0.4) is 0 Å². The molecule has 1 N–H and O–H groups in total. The maximum atomic E-state index is 14.6. The minimum Gasteiger partial charge on any atom is -0.309 e. The number of anilines is 1. The second kappa shape index (κ2) is 7.80. The van der Waals surface area contributed by atoms with Crippen molar-refractivity contribution in [2.75, 3.05) is 25.4 Å². The van der Waals surface area contributed by atoms with Gasteiger partial charge in [0.2, 0.25) is 0 Å². The van der Waals surface area contributed by atoms with Crippen LogP contribution in [0.25, 0.3) is 0 Å². The van der Waals surface area contributed by atoms with Crippen molar-refractivity contribution in [1.29, 1.82) is 0 Å². The molecule has 1 fully saturated rings. The van der Waals surface area contributed by atoms with Gasteiger partial charge in [-0.2, -0.15) is 0 Å². The zero-order valence-electron chi connectivity index (χ0n) is 14.6. The predicted molar refractivity (Wildman–Crippen MR) is 103 cm³/mol. The first-order valence-corrected chi connectivity index (χ1v) is 11.1. The van der Waals surface area contributed by atoms with Crippen molar-refractivity contribution in [3.63, 3.8) is 0 Å². The number of hydrogen-bond acceptors (Lipinski definition) is 5. The standard InChI is InChI=1S/C17H21ClFN3O2S2/c1-22(2)10-11-3-4-12(7-11)13-8-15(19)16(9-14(13)18)26(23,24)21-17-20-5-6-25-17/h5-6,8-9,11-12H,3-4,7,10H2,1-2H3,(H,20,21). The predicted octanol–water partition coefficient (Wildman–Crippen LogP) is 4.18. The lowest BCUT2D eigenvalue weighted by molar-refractivity contribution is 0.326. The van der Waals surface area contributed by atoms with Crippen LogP contribution in [0.4, 0.5) is 9.52 Å². The highest BCUT2D eigenvalue weighted by atomic mass is 35.5. The average Bonchev–Trinajstić information content (AvgIpc) is 3.20. The molecule has 0 amide bonds. The van der Waals surface area contributed by atoms with E-state index < -0.39 is 20.7 Å². The molecule has 0 saturated heterocycles. The van der Waals surface area contributed by atoms with E-state index in [9.17, 15) is 12.8 Å². The SMILES string of the molecule is CN(C)CC1CCC(c2cc(F)c(S(=O)(=O)Nc3nccs3)cc2Cl)C1. The molecule has 9 heteroatoms. The lowest BCUT2D eigenvalue weighted by Gasteiger charge is -2.17. The first-order chi connectivity index (χ1) is 12.3. The van der Waals surface area contributed by atoms with E-state index in [1.54, 1.807) is 5.38 Å². The maximum Gasteiger partial charge on any atom is 0.266 e. The molecule has 0 spiro atoms. The summed E-state index contributed by atoms with van der Waals surface area (Å²) in [6.45, 7) is 0.987. The number of hydrogen-bond donors (Lipinski definition) is 1. The zero-order valence-corrected chi connectivity index (χ0v) is 17.0. The molecule has 3 rings (SSSR count). The normalized spacial score (nSPS) is 20.7. The monoisotopic (exact) mass is 417 g/mol. The molecular weight excluding hydrogens is 397 g/mol. The molecular formula is C17H21ClFN3O2S2. The second-order valence-corrected chi connectivity index (χ2v) is 9.84. The molecule has 1 aromatic heterocycles. The Labute approximate surface area is 162 Å². The Kier molecular flexibility index (Phi) is 5.86. The van der Waals surface area contributed by atoms with Crippen LogP contribution in [0, 0.1) is 11.7 Å². The fourth-order valence-corrected chi connectivity index (χ4v) is 5.80. The van der Waals surface area contributed by atoms with Crippen molar-refractivity contribution >= 4 is 38.1 Å². The topological polar surface area (TPSA) is 62.3 Å². The molecule has 0 aliphatic heterocycles. The molecule has 142 valence electrons. The van der Waals surface area contributed by atoms with Crippen LogP contribution < -0.4 is 4.72 Å². The molecule has 1 heterocycles. The highest BCUT2D eigenvalue weighted by Crippen LogP contribution is 2.42. The number of sulfonamides is 1. The van der Waals surface area contributed by atoms with Crippen LogP contribution in [0.1, 0.15) is 30.7 Å². The minimum atomic E-state index is -4.07. The molecule has 2 atom stereocenters. The number of thiazole rings is 1. The molecule has 26 heavy (non-hydrogen) atoms. The lowest BCUT2D eigenvalue weighted by atomic mass is 9.96. The van der Waals surface area contributed by atoms with E-state index in [1.165, 1.54) is 18.3 Å². The average molecular weight is 418 g/mol. The van der Waals surface area contributed by atoms with E-state index in [0.29, 0.717) is 16.5 Å². The van der Waals surface area contributed by atoms with Gasteiger partial charge < -0.3 is 4.90 Å². The van der Waals surface area contributed by atoms with Crippen molar-refractivity contribution in [2.45, 2.75) is 30.1 Å². The van der Waals surface area contributed by atoms with E-state index in [-0.39, 0.29) is 11.0 Å². The Balaban J connectivity index is 1.83. The Morgan fingerprint density at radius 3 is 2.81 bits per heavy atom. The highest BCUT2D eigenvalue weighted by Gasteiger charge is 2.30. The number of rotatable bonds is 6. The summed E-state index contributed by atoms with van der Waals surface area (Å²) in [5.74, 6) is -0.0840. The molecule has 2 unspecified atom stereocenters. The van der Waals surface area contributed by atoms with Gasteiger partial charge in [0.25, 0.3) is 10.0 Å². The molecule has 1 aromatic carbocycles. The zero-order chi connectivity index (χ0) is 18.9. The molecule has 0 bridgehead atoms. The highest BCUT2D eigenvalue weighted by molar-refractivity contribution is 7.93. The van der Waals surface area contributed by atoms with Gasteiger partial charge in [-0.15, -0.1) is 11.3 Å². The van der Waals surface area contributed by atoms with E-state index in [0.717, 1.165) is 37.1 Å². The molecule has 2 aromatic rings. The summed E-state index contributed by atoms with van der Waals surface area (Å²) in [4.78, 5) is 5.55. The van der Waals surface area contributed by atoms with Crippen molar-refractivity contribution < 1.29 is 12.8 Å². The summed E-state index contributed by atoms with van der Waals surface area (Å²) in [7, 11) is 0.00201. The Bertz CT molecular complexity index is 872. The van der Waals surface area contributed by atoms with Gasteiger partial charge in [0.05, 0.1) is 0 Å². The molecule has 5 nitrogen and oxygen atoms in total. The number of nitrogens with one attached hydrogen (secondary N) is 1. The van der Waals surface area contributed by atoms with Crippen LogP contribution in [0.15, 0.2) is 28.6 Å². The number of aromatic nitrogens is 1. The third kappa shape index (κ3) is 4.36. The van der Waals surface area contributed by atoms with Gasteiger partial charge in [0, 0.05) is 23.1 Å². The summed E-state index contributed by atoms with van der Waals surface area (Å²) >= 11 is 7.46. The van der Waals surface area contributed by atoms with Gasteiger partial charge in [0.15, 0.2) is 5.13 Å². The van der Waals surface area contributed by atoms with E-state index >= 15 is 0 Å². The van der Waals surface area contributed by atoms with Crippen LogP contribution in [-0.2, 0) is 10.0 Å². The summed E-state index contributed by atoms with van der Waals surface area (Å²) < 4.78 is 41.7. The summed E-state index contributed by atoms with van der Waals surface area (Å²) in [6.07, 6.45) is 4.40. The first-order valence-electron chi connectivity index (χ1n) is 8.32. The molecule has 0 radical (unpaired) electrons. The fraction of sp³-hybridized carbons (Fsp3) is 0.471. The Morgan fingerprint density at radius 2 is 2.15 bits per heavy atom. The van der Waals surface area contributed by atoms with Gasteiger partial charge in [-0.25, -0.2) is 17.8 Å². The van der Waals surface area contributed by atoms with E-state index in [2.05, 4.69) is 14.6 Å². The molecule has 1 aliphatic carbocycles. The largest absolute Gasteiger partial charge is 0.309 e.